The van der Waals surface area contributed by atoms with E-state index in [2.05, 4.69) is 227 Å². The molecular formula is C55H38N4S. The zero-order chi connectivity index (χ0) is 39.8. The van der Waals surface area contributed by atoms with Gasteiger partial charge in [-0.05, 0) is 114 Å². The van der Waals surface area contributed by atoms with Crippen molar-refractivity contribution >= 4 is 72.6 Å². The Balaban J connectivity index is 1.01. The van der Waals surface area contributed by atoms with Crippen LogP contribution in [0.1, 0.15) is 0 Å². The van der Waals surface area contributed by atoms with E-state index < -0.39 is 0 Å². The number of rotatable bonds is 9. The van der Waals surface area contributed by atoms with Crippen LogP contribution in [0.4, 0.5) is 50.5 Å². The molecule has 10 aromatic rings. The van der Waals surface area contributed by atoms with E-state index in [4.69, 9.17) is 4.98 Å². The molecule has 284 valence electrons. The number of thiophene rings is 1. The minimum absolute atomic E-state index is 0.920. The average Bonchev–Trinajstić information content (AvgIpc) is 3.80. The van der Waals surface area contributed by atoms with Gasteiger partial charge in [-0.15, -0.1) is 11.3 Å². The maximum absolute atomic E-state index is 5.09. The second kappa shape index (κ2) is 15.2. The smallest absolute Gasteiger partial charge is 0.101 e. The minimum Gasteiger partial charge on any atom is -0.309 e. The average molecular weight is 787 g/mol. The molecule has 0 unspecified atom stereocenters. The Bertz CT molecular complexity index is 3000. The van der Waals surface area contributed by atoms with E-state index in [0.29, 0.717) is 0 Å². The van der Waals surface area contributed by atoms with Crippen molar-refractivity contribution < 1.29 is 0 Å². The van der Waals surface area contributed by atoms with Crippen LogP contribution in [0.25, 0.3) is 43.6 Å². The van der Waals surface area contributed by atoms with Gasteiger partial charge in [0.25, 0.3) is 0 Å². The highest BCUT2D eigenvalue weighted by molar-refractivity contribution is 7.19. The summed E-state index contributed by atoms with van der Waals surface area (Å²) in [5.74, 6) is 0. The van der Waals surface area contributed by atoms with E-state index in [9.17, 15) is 0 Å². The summed E-state index contributed by atoms with van der Waals surface area (Å²) < 4.78 is 0. The molecule has 8 aromatic carbocycles. The Hall–Kier alpha value is -7.73. The Morgan fingerprint density at radius 1 is 0.400 bits per heavy atom. The molecule has 3 heterocycles. The largest absolute Gasteiger partial charge is 0.309 e. The maximum Gasteiger partial charge on any atom is 0.101 e. The number of benzene rings is 8. The van der Waals surface area contributed by atoms with Gasteiger partial charge in [0.05, 0.1) is 29.0 Å². The molecule has 60 heavy (non-hydrogen) atoms. The SMILES string of the molecule is c1ccc(N(c2ccccc2)c2ccc(-c3ccc4c(c3)N(c3ccccc3)c3cccc5c(-c6ccc(N(c7ccccc7)c7ccccc7)s6)ccc-4c35)nc2)cc1. The molecule has 0 saturated carbocycles. The van der Waals surface area contributed by atoms with Crippen molar-refractivity contribution in [2.45, 2.75) is 0 Å². The van der Waals surface area contributed by atoms with Crippen LogP contribution in [0.3, 0.4) is 0 Å². The second-order valence-electron chi connectivity index (χ2n) is 14.8. The van der Waals surface area contributed by atoms with Crippen LogP contribution in [0.5, 0.6) is 0 Å². The first-order chi connectivity index (χ1) is 29.8. The van der Waals surface area contributed by atoms with Crippen molar-refractivity contribution in [1.29, 1.82) is 0 Å². The van der Waals surface area contributed by atoms with E-state index >= 15 is 0 Å². The summed E-state index contributed by atoms with van der Waals surface area (Å²) in [6.07, 6.45) is 1.98. The van der Waals surface area contributed by atoms with Crippen LogP contribution in [-0.4, -0.2) is 4.98 Å². The van der Waals surface area contributed by atoms with Gasteiger partial charge in [-0.1, -0.05) is 127 Å². The first-order valence-corrected chi connectivity index (χ1v) is 21.0. The third-order valence-corrected chi connectivity index (χ3v) is 12.3. The standard InChI is InChI=1S/C55H38N4S/c1-6-17-40(18-7-1)57(41-19-8-2-9-20-41)45-30-34-50(56-38-45)39-29-31-46-49-33-32-47(48-27-16-28-51(55(48)49)59(52(46)37-39)44-25-14-5-15-26-44)53-35-36-54(60-53)58(42-21-10-3-11-22-42)43-23-12-4-13-24-43/h1-38H. The van der Waals surface area contributed by atoms with E-state index in [0.717, 1.165) is 56.8 Å². The van der Waals surface area contributed by atoms with Crippen LogP contribution in [0.15, 0.2) is 231 Å². The monoisotopic (exact) mass is 786 g/mol. The third-order valence-electron chi connectivity index (χ3n) is 11.2. The molecule has 0 atom stereocenters. The summed E-state index contributed by atoms with van der Waals surface area (Å²) in [5.41, 5.74) is 14.5. The summed E-state index contributed by atoms with van der Waals surface area (Å²) in [6, 6.07) is 79.9. The predicted octanol–water partition coefficient (Wildman–Crippen LogP) is 16.0. The van der Waals surface area contributed by atoms with Gasteiger partial charge in [-0.3, -0.25) is 4.98 Å². The normalized spacial score (nSPS) is 11.6. The molecular weight excluding hydrogens is 749 g/mol. The van der Waals surface area contributed by atoms with Gasteiger partial charge < -0.3 is 14.7 Å². The summed E-state index contributed by atoms with van der Waals surface area (Å²) in [4.78, 5) is 13.3. The minimum atomic E-state index is 0.920. The number of hydrogen-bond acceptors (Lipinski definition) is 5. The highest BCUT2D eigenvalue weighted by Crippen LogP contribution is 2.54. The second-order valence-corrected chi connectivity index (χ2v) is 15.9. The van der Waals surface area contributed by atoms with Gasteiger partial charge in [-0.2, -0.15) is 0 Å². The lowest BCUT2D eigenvalue weighted by atomic mass is 9.87. The molecule has 0 amide bonds. The Morgan fingerprint density at radius 3 is 1.57 bits per heavy atom. The van der Waals surface area contributed by atoms with Gasteiger partial charge in [-0.25, -0.2) is 0 Å². The first kappa shape index (κ1) is 35.4. The highest BCUT2D eigenvalue weighted by Gasteiger charge is 2.28. The molecule has 1 aliphatic rings. The molecule has 0 aliphatic carbocycles. The summed E-state index contributed by atoms with van der Waals surface area (Å²) >= 11 is 1.82. The topological polar surface area (TPSA) is 22.6 Å². The summed E-state index contributed by atoms with van der Waals surface area (Å²) in [6.45, 7) is 0. The van der Waals surface area contributed by atoms with Crippen LogP contribution in [-0.2, 0) is 0 Å². The third kappa shape index (κ3) is 6.29. The Labute approximate surface area is 354 Å². The van der Waals surface area contributed by atoms with Gasteiger partial charge in [0, 0.05) is 49.8 Å². The van der Waals surface area contributed by atoms with Gasteiger partial charge in [0.2, 0.25) is 0 Å². The van der Waals surface area contributed by atoms with Gasteiger partial charge >= 0.3 is 0 Å². The van der Waals surface area contributed by atoms with E-state index in [1.165, 1.54) is 37.3 Å². The molecule has 1 aliphatic heterocycles. The van der Waals surface area contributed by atoms with Crippen molar-refractivity contribution in [3.63, 3.8) is 0 Å². The van der Waals surface area contributed by atoms with Crippen LogP contribution in [0, 0.1) is 0 Å². The number of pyridine rings is 1. The van der Waals surface area contributed by atoms with Crippen molar-refractivity contribution in [3.8, 4) is 32.8 Å². The molecule has 4 nitrogen and oxygen atoms in total. The van der Waals surface area contributed by atoms with Crippen molar-refractivity contribution in [2.24, 2.45) is 0 Å². The lowest BCUT2D eigenvalue weighted by molar-refractivity contribution is 1.23. The zero-order valence-electron chi connectivity index (χ0n) is 32.6. The number of nitrogens with zero attached hydrogens (tertiary/aromatic N) is 4. The lowest BCUT2D eigenvalue weighted by Crippen LogP contribution is -2.15. The molecule has 0 fully saturated rings. The lowest BCUT2D eigenvalue weighted by Gasteiger charge is -2.34. The molecule has 5 heteroatoms. The molecule has 0 N–H and O–H groups in total. The van der Waals surface area contributed by atoms with Crippen molar-refractivity contribution in [2.75, 3.05) is 14.7 Å². The number of aromatic nitrogens is 1. The Kier molecular flexibility index (Phi) is 8.99. The van der Waals surface area contributed by atoms with E-state index in [1.807, 2.05) is 29.7 Å². The molecule has 0 saturated heterocycles. The van der Waals surface area contributed by atoms with E-state index in [1.54, 1.807) is 0 Å². The van der Waals surface area contributed by atoms with Gasteiger partial charge in [0.1, 0.15) is 5.00 Å². The van der Waals surface area contributed by atoms with Crippen LogP contribution >= 0.6 is 11.3 Å². The molecule has 0 bridgehead atoms. The first-order valence-electron chi connectivity index (χ1n) is 20.2. The fraction of sp³-hybridized carbons (Fsp3) is 0. The highest BCUT2D eigenvalue weighted by atomic mass is 32.1. The number of fused-ring (bicyclic) bond motifs is 2. The fourth-order valence-electron chi connectivity index (χ4n) is 8.54. The summed E-state index contributed by atoms with van der Waals surface area (Å²) in [5, 5.41) is 3.65. The van der Waals surface area contributed by atoms with Gasteiger partial charge in [0.15, 0.2) is 0 Å². The maximum atomic E-state index is 5.09. The number of anilines is 9. The molecule has 0 spiro atoms. The number of para-hydroxylation sites is 5. The zero-order valence-corrected chi connectivity index (χ0v) is 33.5. The van der Waals surface area contributed by atoms with Crippen molar-refractivity contribution in [1.82, 2.24) is 4.98 Å². The van der Waals surface area contributed by atoms with Crippen LogP contribution < -0.4 is 14.7 Å². The Morgan fingerprint density at radius 2 is 0.967 bits per heavy atom. The quantitative estimate of drug-likeness (QED) is 0.145. The fourth-order valence-corrected chi connectivity index (χ4v) is 9.63. The molecule has 2 aromatic heterocycles. The molecule has 11 rings (SSSR count). The predicted molar refractivity (Wildman–Crippen MR) is 254 cm³/mol. The molecule has 0 radical (unpaired) electrons. The van der Waals surface area contributed by atoms with Crippen molar-refractivity contribution in [3.05, 3.63) is 231 Å². The van der Waals surface area contributed by atoms with E-state index in [-0.39, 0.29) is 0 Å². The number of hydrogen-bond donors (Lipinski definition) is 0. The van der Waals surface area contributed by atoms with Crippen LogP contribution in [0.2, 0.25) is 0 Å². The summed E-state index contributed by atoms with van der Waals surface area (Å²) in [7, 11) is 0.